The molecule has 0 heterocycles. The van der Waals surface area contributed by atoms with Crippen LogP contribution in [0.5, 0.6) is 0 Å². The fourth-order valence-corrected chi connectivity index (χ4v) is 2.01. The van der Waals surface area contributed by atoms with Gasteiger partial charge in [-0.3, -0.25) is 0 Å². The average molecular weight is 207 g/mol. The van der Waals surface area contributed by atoms with Crippen molar-refractivity contribution in [1.29, 1.82) is 0 Å². The van der Waals surface area contributed by atoms with Crippen LogP contribution in [-0.2, 0) is 10.2 Å². The number of nitrogens with two attached hydrogens (primary N) is 1. The first-order valence-corrected chi connectivity index (χ1v) is 5.81. The third-order valence-electron chi connectivity index (χ3n) is 2.23. The van der Waals surface area contributed by atoms with Crippen LogP contribution in [-0.4, -0.2) is 39.4 Å². The zero-order valence-electron chi connectivity index (χ0n) is 8.03. The van der Waals surface area contributed by atoms with Gasteiger partial charge in [-0.15, -0.1) is 0 Å². The van der Waals surface area contributed by atoms with Crippen LogP contribution in [0.1, 0.15) is 12.8 Å². The van der Waals surface area contributed by atoms with Gasteiger partial charge in [-0.25, -0.2) is 0 Å². The number of hydrogen-bond acceptors (Lipinski definition) is 3. The molecular formula is C7H17N3O2S. The van der Waals surface area contributed by atoms with E-state index in [0.717, 1.165) is 17.1 Å². The summed E-state index contributed by atoms with van der Waals surface area (Å²) in [6.45, 7) is 0.373. The van der Waals surface area contributed by atoms with Crippen molar-refractivity contribution in [1.82, 2.24) is 9.03 Å². The van der Waals surface area contributed by atoms with Gasteiger partial charge in [-0.2, -0.15) is 17.4 Å². The Morgan fingerprint density at radius 2 is 2.08 bits per heavy atom. The second-order valence-corrected chi connectivity index (χ2v) is 5.50. The zero-order valence-corrected chi connectivity index (χ0v) is 8.84. The third kappa shape index (κ3) is 2.91. The van der Waals surface area contributed by atoms with Crippen LogP contribution in [0.15, 0.2) is 0 Å². The average Bonchev–Trinajstić information content (AvgIpc) is 2.82. The largest absolute Gasteiger partial charge is 0.329 e. The lowest BCUT2D eigenvalue weighted by Crippen LogP contribution is -2.46. The van der Waals surface area contributed by atoms with E-state index in [1.807, 2.05) is 0 Å². The number of rotatable bonds is 5. The molecule has 0 bridgehead atoms. The molecule has 0 spiro atoms. The van der Waals surface area contributed by atoms with Gasteiger partial charge in [0.05, 0.1) is 0 Å². The van der Waals surface area contributed by atoms with E-state index in [1.165, 1.54) is 14.1 Å². The first kappa shape index (κ1) is 10.9. The Hall–Kier alpha value is -0.170. The van der Waals surface area contributed by atoms with E-state index in [4.69, 9.17) is 5.73 Å². The fraction of sp³-hybridized carbons (Fsp3) is 1.00. The maximum atomic E-state index is 11.4. The number of nitrogens with zero attached hydrogens (tertiary/aromatic N) is 1. The molecule has 1 rings (SSSR count). The fourth-order valence-electron chi connectivity index (χ4n) is 1.13. The quantitative estimate of drug-likeness (QED) is 0.614. The highest BCUT2D eigenvalue weighted by atomic mass is 32.2. The van der Waals surface area contributed by atoms with E-state index >= 15 is 0 Å². The van der Waals surface area contributed by atoms with Gasteiger partial charge >= 0.3 is 0 Å². The summed E-state index contributed by atoms with van der Waals surface area (Å²) in [6, 6.07) is -0.0904. The summed E-state index contributed by atoms with van der Waals surface area (Å²) >= 11 is 0. The first-order chi connectivity index (χ1) is 5.97. The first-order valence-electron chi connectivity index (χ1n) is 4.37. The minimum Gasteiger partial charge on any atom is -0.329 e. The highest BCUT2D eigenvalue weighted by Gasteiger charge is 2.33. The van der Waals surface area contributed by atoms with Gasteiger partial charge in [-0.1, -0.05) is 0 Å². The van der Waals surface area contributed by atoms with Crippen LogP contribution in [0.3, 0.4) is 0 Å². The highest BCUT2D eigenvalue weighted by molar-refractivity contribution is 7.87. The predicted octanol–water partition coefficient (Wildman–Crippen LogP) is -0.880. The molecule has 0 saturated heterocycles. The van der Waals surface area contributed by atoms with Crippen LogP contribution < -0.4 is 10.5 Å². The van der Waals surface area contributed by atoms with Crippen LogP contribution in [0.25, 0.3) is 0 Å². The van der Waals surface area contributed by atoms with Crippen molar-refractivity contribution < 1.29 is 8.42 Å². The maximum absolute atomic E-state index is 11.4. The third-order valence-corrected chi connectivity index (χ3v) is 3.79. The van der Waals surface area contributed by atoms with Crippen LogP contribution >= 0.6 is 0 Å². The molecule has 1 atom stereocenters. The standard InChI is InChI=1S/C7H17N3O2S/c1-10(2)13(11,12)9-7(5-8)6-3-4-6/h6-7,9H,3-5,8H2,1-2H3. The summed E-state index contributed by atoms with van der Waals surface area (Å²) < 4.78 is 26.5. The van der Waals surface area contributed by atoms with Gasteiger partial charge in [0.15, 0.2) is 0 Å². The monoisotopic (exact) mass is 207 g/mol. The molecule has 1 aliphatic carbocycles. The van der Waals surface area contributed by atoms with Crippen molar-refractivity contribution in [3.8, 4) is 0 Å². The van der Waals surface area contributed by atoms with E-state index in [1.54, 1.807) is 0 Å². The molecular weight excluding hydrogens is 190 g/mol. The highest BCUT2D eigenvalue weighted by Crippen LogP contribution is 2.32. The topological polar surface area (TPSA) is 75.4 Å². The second-order valence-electron chi connectivity index (χ2n) is 3.58. The minimum absolute atomic E-state index is 0.0904. The summed E-state index contributed by atoms with van der Waals surface area (Å²) in [6.07, 6.45) is 2.16. The summed E-state index contributed by atoms with van der Waals surface area (Å²) in [5.74, 6) is 0.444. The summed E-state index contributed by atoms with van der Waals surface area (Å²) in [7, 11) is -0.306. The molecule has 0 radical (unpaired) electrons. The molecule has 0 aromatic rings. The molecule has 1 fully saturated rings. The maximum Gasteiger partial charge on any atom is 0.279 e. The number of nitrogens with one attached hydrogen (secondary N) is 1. The van der Waals surface area contributed by atoms with Gasteiger partial charge < -0.3 is 5.73 Å². The van der Waals surface area contributed by atoms with Crippen LogP contribution in [0.2, 0.25) is 0 Å². The van der Waals surface area contributed by atoms with Gasteiger partial charge in [-0.05, 0) is 18.8 Å². The molecule has 3 N–H and O–H groups in total. The van der Waals surface area contributed by atoms with Crippen LogP contribution in [0.4, 0.5) is 0 Å². The Morgan fingerprint density at radius 1 is 1.54 bits per heavy atom. The Kier molecular flexibility index (Phi) is 3.28. The molecule has 5 nitrogen and oxygen atoms in total. The number of hydrogen-bond donors (Lipinski definition) is 2. The lowest BCUT2D eigenvalue weighted by atomic mass is 10.2. The Morgan fingerprint density at radius 3 is 2.38 bits per heavy atom. The Bertz CT molecular complexity index is 259. The van der Waals surface area contributed by atoms with E-state index in [9.17, 15) is 8.42 Å². The van der Waals surface area contributed by atoms with Crippen molar-refractivity contribution in [2.45, 2.75) is 18.9 Å². The van der Waals surface area contributed by atoms with Gasteiger partial charge in [0.25, 0.3) is 10.2 Å². The molecule has 1 unspecified atom stereocenters. The summed E-state index contributed by atoms with van der Waals surface area (Å²) in [5, 5.41) is 0. The van der Waals surface area contributed by atoms with Gasteiger partial charge in [0.2, 0.25) is 0 Å². The van der Waals surface area contributed by atoms with Crippen molar-refractivity contribution in [3.05, 3.63) is 0 Å². The van der Waals surface area contributed by atoms with Crippen molar-refractivity contribution in [3.63, 3.8) is 0 Å². The molecule has 0 aromatic carbocycles. The van der Waals surface area contributed by atoms with Gasteiger partial charge in [0, 0.05) is 26.7 Å². The van der Waals surface area contributed by atoms with Crippen molar-refractivity contribution >= 4 is 10.2 Å². The normalized spacial score (nSPS) is 20.6. The molecule has 0 amide bonds. The smallest absolute Gasteiger partial charge is 0.279 e. The molecule has 1 aliphatic rings. The lowest BCUT2D eigenvalue weighted by molar-refractivity contribution is 0.470. The molecule has 0 aromatic heterocycles. The zero-order chi connectivity index (χ0) is 10.1. The summed E-state index contributed by atoms with van der Waals surface area (Å²) in [5.41, 5.74) is 5.48. The Labute approximate surface area is 79.5 Å². The lowest BCUT2D eigenvalue weighted by Gasteiger charge is -2.19. The minimum atomic E-state index is -3.31. The SMILES string of the molecule is CN(C)S(=O)(=O)NC(CN)C1CC1. The van der Waals surface area contributed by atoms with E-state index in [2.05, 4.69) is 4.72 Å². The van der Waals surface area contributed by atoms with E-state index < -0.39 is 10.2 Å². The van der Waals surface area contributed by atoms with Crippen LogP contribution in [0, 0.1) is 5.92 Å². The van der Waals surface area contributed by atoms with E-state index in [-0.39, 0.29) is 6.04 Å². The van der Waals surface area contributed by atoms with E-state index in [0.29, 0.717) is 12.5 Å². The molecule has 78 valence electrons. The second kappa shape index (κ2) is 3.91. The summed E-state index contributed by atoms with van der Waals surface area (Å²) in [4.78, 5) is 0. The van der Waals surface area contributed by atoms with Crippen molar-refractivity contribution in [2.75, 3.05) is 20.6 Å². The molecule has 13 heavy (non-hydrogen) atoms. The molecule has 1 saturated carbocycles. The van der Waals surface area contributed by atoms with Gasteiger partial charge in [0.1, 0.15) is 0 Å². The predicted molar refractivity (Wildman–Crippen MR) is 51.3 cm³/mol. The van der Waals surface area contributed by atoms with Crippen molar-refractivity contribution in [2.24, 2.45) is 11.7 Å². The molecule has 0 aliphatic heterocycles. The molecule has 6 heteroatoms. The Balaban J connectivity index is 2.54.